The minimum atomic E-state index is -0.440. The number of aryl methyl sites for hydroxylation is 1. The number of hydrogen-bond donors (Lipinski definition) is 1. The number of rotatable bonds is 6. The fourth-order valence-corrected chi connectivity index (χ4v) is 4.80. The van der Waals surface area contributed by atoms with Crippen LogP contribution in [-0.2, 0) is 16.0 Å². The molecule has 1 aliphatic heterocycles. The average molecular weight is 458 g/mol. The van der Waals surface area contributed by atoms with Crippen molar-refractivity contribution in [3.63, 3.8) is 0 Å². The molecular weight excluding hydrogens is 430 g/mol. The fraction of sp³-hybridized carbons (Fsp3) is 0.417. The molecule has 0 saturated carbocycles. The van der Waals surface area contributed by atoms with Crippen LogP contribution in [0.25, 0.3) is 11.1 Å². The van der Waals surface area contributed by atoms with E-state index < -0.39 is 6.10 Å². The molecule has 1 heterocycles. The van der Waals surface area contributed by atoms with Crippen molar-refractivity contribution in [1.29, 1.82) is 0 Å². The third-order valence-corrected chi connectivity index (χ3v) is 6.78. The summed E-state index contributed by atoms with van der Waals surface area (Å²) in [4.78, 5) is 26.3. The number of methoxy groups -OCH3 is 3. The van der Waals surface area contributed by atoms with Crippen molar-refractivity contribution in [1.82, 2.24) is 5.32 Å². The van der Waals surface area contributed by atoms with Crippen molar-refractivity contribution in [3.8, 4) is 28.4 Å². The van der Waals surface area contributed by atoms with Gasteiger partial charge in [-0.25, -0.2) is 0 Å². The number of thioether (sulfide) groups is 1. The van der Waals surface area contributed by atoms with Gasteiger partial charge in [-0.3, -0.25) is 9.59 Å². The van der Waals surface area contributed by atoms with Crippen LogP contribution >= 0.6 is 11.8 Å². The Morgan fingerprint density at radius 3 is 2.44 bits per heavy atom. The Balaban J connectivity index is 1.95. The molecule has 170 valence electrons. The Labute approximate surface area is 191 Å². The first-order chi connectivity index (χ1) is 15.4. The summed E-state index contributed by atoms with van der Waals surface area (Å²) in [5.74, 6) is 1.44. The SMILES string of the molecule is COc1cc2c(c(OC)c1OC)-c1ccc(SC)c(=O)cc1[C@@H](NC(=O)C1OC1C)CC2. The highest BCUT2D eigenvalue weighted by atomic mass is 32.2. The number of carbonyl (C=O) groups excluding carboxylic acids is 1. The Bertz CT molecular complexity index is 1120. The lowest BCUT2D eigenvalue weighted by Crippen LogP contribution is -2.33. The number of benzene rings is 1. The number of hydrogen-bond acceptors (Lipinski definition) is 7. The molecule has 8 heteroatoms. The molecule has 1 saturated heterocycles. The van der Waals surface area contributed by atoms with E-state index in [-0.39, 0.29) is 23.5 Å². The van der Waals surface area contributed by atoms with Crippen molar-refractivity contribution in [2.75, 3.05) is 27.6 Å². The number of carbonyl (C=O) groups is 1. The molecule has 0 aromatic heterocycles. The van der Waals surface area contributed by atoms with Gasteiger partial charge in [0.05, 0.1) is 38.4 Å². The van der Waals surface area contributed by atoms with Gasteiger partial charge in [0.1, 0.15) is 0 Å². The van der Waals surface area contributed by atoms with Gasteiger partial charge in [-0.05, 0) is 60.9 Å². The monoisotopic (exact) mass is 457 g/mol. The lowest BCUT2D eigenvalue weighted by molar-refractivity contribution is -0.123. The largest absolute Gasteiger partial charge is 0.493 e. The van der Waals surface area contributed by atoms with E-state index in [1.807, 2.05) is 31.4 Å². The normalized spacial score (nSPS) is 21.0. The Kier molecular flexibility index (Phi) is 6.35. The molecule has 0 bridgehead atoms. The van der Waals surface area contributed by atoms with Crippen LogP contribution in [0.1, 0.15) is 30.5 Å². The summed E-state index contributed by atoms with van der Waals surface area (Å²) < 4.78 is 22.3. The Hall–Kier alpha value is -2.71. The molecular formula is C24H27NO6S. The van der Waals surface area contributed by atoms with Gasteiger partial charge < -0.3 is 24.3 Å². The molecule has 1 fully saturated rings. The molecule has 2 unspecified atom stereocenters. The second-order valence-electron chi connectivity index (χ2n) is 7.82. The van der Waals surface area contributed by atoms with E-state index in [1.54, 1.807) is 27.4 Å². The maximum absolute atomic E-state index is 12.9. The van der Waals surface area contributed by atoms with Gasteiger partial charge in [0.25, 0.3) is 5.91 Å². The standard InChI is InChI=1S/C24H27NO6S/c1-12-21(31-12)24(27)25-16-8-6-13-10-18(28-2)22(29-3)23(30-4)20(13)14-7-9-19(32-5)17(26)11-15(14)16/h7,9-12,16,21H,6,8H2,1-5H3,(H,25,27)/t12?,16-,21?/m0/s1. The Morgan fingerprint density at radius 2 is 1.84 bits per heavy atom. The van der Waals surface area contributed by atoms with E-state index in [0.29, 0.717) is 35.0 Å². The maximum atomic E-state index is 12.9. The quantitative estimate of drug-likeness (QED) is 0.526. The third-order valence-electron chi connectivity index (χ3n) is 6.01. The van der Waals surface area contributed by atoms with Gasteiger partial charge in [0, 0.05) is 5.56 Å². The van der Waals surface area contributed by atoms with Gasteiger partial charge in [0.15, 0.2) is 23.0 Å². The van der Waals surface area contributed by atoms with Crippen molar-refractivity contribution < 1.29 is 23.7 Å². The number of fused-ring (bicyclic) bond motifs is 3. The first-order valence-electron chi connectivity index (χ1n) is 10.4. The molecule has 4 rings (SSSR count). The van der Waals surface area contributed by atoms with Gasteiger partial charge in [-0.15, -0.1) is 11.8 Å². The van der Waals surface area contributed by atoms with Crippen molar-refractivity contribution in [2.45, 2.75) is 42.9 Å². The van der Waals surface area contributed by atoms with Crippen molar-refractivity contribution >= 4 is 17.7 Å². The summed E-state index contributed by atoms with van der Waals surface area (Å²) in [5, 5.41) is 3.10. The minimum Gasteiger partial charge on any atom is -0.493 e. The smallest absolute Gasteiger partial charge is 0.252 e. The molecule has 0 radical (unpaired) electrons. The summed E-state index contributed by atoms with van der Waals surface area (Å²) in [6.45, 7) is 1.87. The first kappa shape index (κ1) is 22.5. The predicted molar refractivity (Wildman–Crippen MR) is 123 cm³/mol. The van der Waals surface area contributed by atoms with Crippen LogP contribution in [0.15, 0.2) is 34.0 Å². The summed E-state index contributed by atoms with van der Waals surface area (Å²) in [7, 11) is 4.74. The molecule has 2 aromatic rings. The summed E-state index contributed by atoms with van der Waals surface area (Å²) >= 11 is 1.39. The topological polar surface area (TPSA) is 86.4 Å². The zero-order valence-corrected chi connectivity index (χ0v) is 19.6. The van der Waals surface area contributed by atoms with Gasteiger partial charge in [0.2, 0.25) is 5.75 Å². The molecule has 1 N–H and O–H groups in total. The van der Waals surface area contributed by atoms with E-state index >= 15 is 0 Å². The molecule has 2 aromatic carbocycles. The van der Waals surface area contributed by atoms with Crippen LogP contribution in [0.3, 0.4) is 0 Å². The van der Waals surface area contributed by atoms with Gasteiger partial charge in [-0.1, -0.05) is 6.07 Å². The number of nitrogens with one attached hydrogen (secondary N) is 1. The van der Waals surface area contributed by atoms with Gasteiger partial charge >= 0.3 is 0 Å². The van der Waals surface area contributed by atoms with Crippen LogP contribution < -0.4 is 25.0 Å². The van der Waals surface area contributed by atoms with E-state index in [4.69, 9.17) is 18.9 Å². The molecule has 7 nitrogen and oxygen atoms in total. The van der Waals surface area contributed by atoms with E-state index in [2.05, 4.69) is 5.32 Å². The molecule has 1 amide bonds. The van der Waals surface area contributed by atoms with Crippen LogP contribution in [0.2, 0.25) is 0 Å². The molecule has 1 aliphatic carbocycles. The molecule has 0 spiro atoms. The zero-order chi connectivity index (χ0) is 23.0. The first-order valence-corrected chi connectivity index (χ1v) is 11.7. The lowest BCUT2D eigenvalue weighted by Gasteiger charge is -2.19. The van der Waals surface area contributed by atoms with E-state index in [0.717, 1.165) is 22.3 Å². The Morgan fingerprint density at radius 1 is 1.12 bits per heavy atom. The summed E-state index contributed by atoms with van der Waals surface area (Å²) in [6, 6.07) is 6.97. The molecule has 3 atom stereocenters. The van der Waals surface area contributed by atoms with Crippen LogP contribution in [-0.4, -0.2) is 45.7 Å². The average Bonchev–Trinajstić information content (AvgIpc) is 3.57. The highest BCUT2D eigenvalue weighted by molar-refractivity contribution is 7.98. The lowest BCUT2D eigenvalue weighted by atomic mass is 9.95. The minimum absolute atomic E-state index is 0.0862. The zero-order valence-electron chi connectivity index (χ0n) is 18.8. The summed E-state index contributed by atoms with van der Waals surface area (Å²) in [6.07, 6.45) is 2.61. The molecule has 32 heavy (non-hydrogen) atoms. The fourth-order valence-electron chi connectivity index (χ4n) is 4.33. The second-order valence-corrected chi connectivity index (χ2v) is 8.67. The highest BCUT2D eigenvalue weighted by Gasteiger charge is 2.42. The number of ether oxygens (including phenoxy) is 4. The maximum Gasteiger partial charge on any atom is 0.252 e. The summed E-state index contributed by atoms with van der Waals surface area (Å²) in [5.41, 5.74) is 3.33. The second kappa shape index (κ2) is 9.03. The van der Waals surface area contributed by atoms with Crippen molar-refractivity contribution in [2.24, 2.45) is 0 Å². The third kappa shape index (κ3) is 3.93. The van der Waals surface area contributed by atoms with Crippen LogP contribution in [0.5, 0.6) is 17.2 Å². The van der Waals surface area contributed by atoms with Crippen molar-refractivity contribution in [3.05, 3.63) is 45.6 Å². The number of epoxide rings is 1. The van der Waals surface area contributed by atoms with Gasteiger partial charge in [-0.2, -0.15) is 0 Å². The van der Waals surface area contributed by atoms with Crippen LogP contribution in [0.4, 0.5) is 0 Å². The van der Waals surface area contributed by atoms with E-state index in [1.165, 1.54) is 11.8 Å². The molecule has 2 aliphatic rings. The van der Waals surface area contributed by atoms with Crippen LogP contribution in [0, 0.1) is 0 Å². The predicted octanol–water partition coefficient (Wildman–Crippen LogP) is 3.35. The number of amides is 1. The highest BCUT2D eigenvalue weighted by Crippen LogP contribution is 2.50. The van der Waals surface area contributed by atoms with E-state index in [9.17, 15) is 9.59 Å².